The molecule has 1 aromatic rings. The molecule has 0 saturated carbocycles. The first kappa shape index (κ1) is 17.1. The average molecular weight is 304 g/mol. The molecule has 0 atom stereocenters. The second-order valence-corrected chi connectivity index (χ2v) is 5.15. The average Bonchev–Trinajstić information content (AvgIpc) is 2.35. The van der Waals surface area contributed by atoms with Crippen molar-refractivity contribution in [1.82, 2.24) is 4.90 Å². The summed E-state index contributed by atoms with van der Waals surface area (Å²) in [5.41, 5.74) is 5.83. The van der Waals surface area contributed by atoms with Gasteiger partial charge in [-0.2, -0.15) is 13.2 Å². The summed E-state index contributed by atoms with van der Waals surface area (Å²) >= 11 is 0. The Balaban J connectivity index is 3.09. The lowest BCUT2D eigenvalue weighted by molar-refractivity contribution is -0.141. The lowest BCUT2D eigenvalue weighted by Gasteiger charge is -2.26. The maximum absolute atomic E-state index is 12.6. The highest BCUT2D eigenvalue weighted by molar-refractivity contribution is 5.99. The van der Waals surface area contributed by atoms with Crippen molar-refractivity contribution in [3.63, 3.8) is 0 Å². The summed E-state index contributed by atoms with van der Waals surface area (Å²) in [7, 11) is 1.40. The number of benzene rings is 1. The molecule has 0 fully saturated rings. The van der Waals surface area contributed by atoms with E-state index >= 15 is 0 Å². The van der Waals surface area contributed by atoms with Crippen molar-refractivity contribution in [2.24, 2.45) is 5.92 Å². The maximum atomic E-state index is 12.6. The van der Waals surface area contributed by atoms with Crippen molar-refractivity contribution in [2.45, 2.75) is 20.0 Å². The van der Waals surface area contributed by atoms with Crippen LogP contribution >= 0.6 is 0 Å². The molecule has 0 unspecified atom stereocenters. The van der Waals surface area contributed by atoms with Crippen LogP contribution < -0.4 is 10.5 Å². The van der Waals surface area contributed by atoms with Crippen molar-refractivity contribution in [3.05, 3.63) is 23.8 Å². The number of hydrogen-bond donors (Lipinski definition) is 1. The Bertz CT molecular complexity index is 501. The van der Waals surface area contributed by atoms with Gasteiger partial charge in [0, 0.05) is 12.2 Å². The van der Waals surface area contributed by atoms with E-state index in [0.717, 1.165) is 4.90 Å². The van der Waals surface area contributed by atoms with Crippen molar-refractivity contribution >= 4 is 11.6 Å². The topological polar surface area (TPSA) is 55.6 Å². The van der Waals surface area contributed by atoms with E-state index in [0.29, 0.717) is 5.75 Å². The fourth-order valence-corrected chi connectivity index (χ4v) is 1.89. The number of amides is 1. The van der Waals surface area contributed by atoms with Gasteiger partial charge in [0.15, 0.2) is 0 Å². The van der Waals surface area contributed by atoms with Crippen LogP contribution in [-0.2, 0) is 0 Å². The van der Waals surface area contributed by atoms with Gasteiger partial charge in [-0.1, -0.05) is 13.8 Å². The number of carbonyl (C=O) groups excluding carboxylic acids is 1. The third-order valence-electron chi connectivity index (χ3n) is 2.73. The van der Waals surface area contributed by atoms with Gasteiger partial charge in [-0.25, -0.2) is 0 Å². The van der Waals surface area contributed by atoms with Gasteiger partial charge in [-0.15, -0.1) is 0 Å². The first-order valence-electron chi connectivity index (χ1n) is 6.43. The highest BCUT2D eigenvalue weighted by Gasteiger charge is 2.34. The number of nitrogen functional groups attached to an aromatic ring is 1. The first-order chi connectivity index (χ1) is 9.64. The van der Waals surface area contributed by atoms with Crippen molar-refractivity contribution in [1.29, 1.82) is 0 Å². The minimum Gasteiger partial charge on any atom is -0.497 e. The Morgan fingerprint density at radius 1 is 1.38 bits per heavy atom. The molecule has 0 spiro atoms. The number of nitrogens with zero attached hydrogens (tertiary/aromatic N) is 1. The van der Waals surface area contributed by atoms with Crippen LogP contribution in [0.25, 0.3) is 0 Å². The van der Waals surface area contributed by atoms with E-state index in [4.69, 9.17) is 10.5 Å². The fourth-order valence-electron chi connectivity index (χ4n) is 1.89. The normalized spacial score (nSPS) is 11.6. The largest absolute Gasteiger partial charge is 0.497 e. The third kappa shape index (κ3) is 5.17. The van der Waals surface area contributed by atoms with Crippen molar-refractivity contribution in [2.75, 3.05) is 25.9 Å². The quantitative estimate of drug-likeness (QED) is 0.851. The van der Waals surface area contributed by atoms with Crippen molar-refractivity contribution in [3.8, 4) is 5.75 Å². The molecule has 4 nitrogen and oxygen atoms in total. The number of ether oxygens (including phenoxy) is 1. The van der Waals surface area contributed by atoms with Gasteiger partial charge in [0.2, 0.25) is 0 Å². The second kappa shape index (κ2) is 6.69. The second-order valence-electron chi connectivity index (χ2n) is 5.15. The first-order valence-corrected chi connectivity index (χ1v) is 6.43. The Kier molecular flexibility index (Phi) is 5.46. The van der Waals surface area contributed by atoms with E-state index in [9.17, 15) is 18.0 Å². The summed E-state index contributed by atoms with van der Waals surface area (Å²) in [4.78, 5) is 13.1. The molecular formula is C14H19F3N2O2. The Hall–Kier alpha value is -1.92. The SMILES string of the molecule is COc1ccc(N)c(C(=O)N(CC(C)C)CC(F)(F)F)c1. The van der Waals surface area contributed by atoms with Gasteiger partial charge >= 0.3 is 6.18 Å². The minimum atomic E-state index is -4.46. The smallest absolute Gasteiger partial charge is 0.406 e. The highest BCUT2D eigenvalue weighted by atomic mass is 19.4. The number of nitrogens with two attached hydrogens (primary N) is 1. The number of hydrogen-bond acceptors (Lipinski definition) is 3. The molecule has 0 radical (unpaired) electrons. The fraction of sp³-hybridized carbons (Fsp3) is 0.500. The van der Waals surface area contributed by atoms with E-state index in [1.54, 1.807) is 19.9 Å². The zero-order valence-electron chi connectivity index (χ0n) is 12.2. The summed E-state index contributed by atoms with van der Waals surface area (Å²) < 4.78 is 42.9. The van der Waals surface area contributed by atoms with Crippen LogP contribution in [0.2, 0.25) is 0 Å². The predicted molar refractivity (Wildman–Crippen MR) is 74.2 cm³/mol. The van der Waals surface area contributed by atoms with E-state index in [-0.39, 0.29) is 23.7 Å². The summed E-state index contributed by atoms with van der Waals surface area (Å²) in [5.74, 6) is -0.482. The van der Waals surface area contributed by atoms with Crippen LogP contribution in [0.1, 0.15) is 24.2 Å². The van der Waals surface area contributed by atoms with Crippen molar-refractivity contribution < 1.29 is 22.7 Å². The summed E-state index contributed by atoms with van der Waals surface area (Å²) in [6.07, 6.45) is -4.46. The van der Waals surface area contributed by atoms with Crippen LogP contribution in [-0.4, -0.2) is 37.2 Å². The molecule has 0 heterocycles. The number of rotatable bonds is 5. The molecule has 7 heteroatoms. The molecule has 0 aliphatic rings. The number of alkyl halides is 3. The van der Waals surface area contributed by atoms with Gasteiger partial charge in [-0.3, -0.25) is 4.79 Å². The predicted octanol–water partition coefficient (Wildman–Crippen LogP) is 2.94. The number of carbonyl (C=O) groups is 1. The number of methoxy groups -OCH3 is 1. The van der Waals surface area contributed by atoms with Gasteiger partial charge < -0.3 is 15.4 Å². The lowest BCUT2D eigenvalue weighted by atomic mass is 10.1. The monoisotopic (exact) mass is 304 g/mol. The van der Waals surface area contributed by atoms with E-state index in [2.05, 4.69) is 0 Å². The molecule has 0 saturated heterocycles. The lowest BCUT2D eigenvalue weighted by Crippen LogP contribution is -2.41. The Morgan fingerprint density at radius 2 is 2.00 bits per heavy atom. The molecule has 0 aliphatic carbocycles. The van der Waals surface area contributed by atoms with Crippen LogP contribution in [0.5, 0.6) is 5.75 Å². The van der Waals surface area contributed by atoms with Gasteiger partial charge in [0.05, 0.1) is 12.7 Å². The minimum absolute atomic E-state index is 0.00497. The van der Waals surface area contributed by atoms with Crippen LogP contribution in [0.4, 0.5) is 18.9 Å². The molecule has 21 heavy (non-hydrogen) atoms. The van der Waals surface area contributed by atoms with Gasteiger partial charge in [-0.05, 0) is 24.1 Å². The number of halogens is 3. The van der Waals surface area contributed by atoms with E-state index in [1.165, 1.54) is 19.2 Å². The summed E-state index contributed by atoms with van der Waals surface area (Å²) in [6, 6.07) is 4.33. The highest BCUT2D eigenvalue weighted by Crippen LogP contribution is 2.24. The van der Waals surface area contributed by atoms with E-state index in [1.807, 2.05) is 0 Å². The zero-order valence-corrected chi connectivity index (χ0v) is 12.2. The van der Waals surface area contributed by atoms with Crippen LogP contribution in [0.3, 0.4) is 0 Å². The van der Waals surface area contributed by atoms with Crippen LogP contribution in [0.15, 0.2) is 18.2 Å². The Morgan fingerprint density at radius 3 is 2.48 bits per heavy atom. The number of anilines is 1. The van der Waals surface area contributed by atoms with E-state index < -0.39 is 18.6 Å². The molecule has 1 rings (SSSR count). The molecule has 1 aromatic carbocycles. The molecule has 1 amide bonds. The van der Waals surface area contributed by atoms with Crippen LogP contribution in [0, 0.1) is 5.92 Å². The standard InChI is InChI=1S/C14H19F3N2O2/c1-9(2)7-19(8-14(15,16)17)13(20)11-6-10(21-3)4-5-12(11)18/h4-6,9H,7-8,18H2,1-3H3. The summed E-state index contributed by atoms with van der Waals surface area (Å²) in [5, 5.41) is 0. The summed E-state index contributed by atoms with van der Waals surface area (Å²) in [6.45, 7) is 2.17. The molecule has 0 bridgehead atoms. The molecule has 0 aliphatic heterocycles. The Labute approximate surface area is 121 Å². The van der Waals surface area contributed by atoms with Gasteiger partial charge in [0.25, 0.3) is 5.91 Å². The molecular weight excluding hydrogens is 285 g/mol. The molecule has 2 N–H and O–H groups in total. The van der Waals surface area contributed by atoms with Gasteiger partial charge in [0.1, 0.15) is 12.3 Å². The molecule has 118 valence electrons. The molecule has 0 aromatic heterocycles. The third-order valence-corrected chi connectivity index (χ3v) is 2.73. The maximum Gasteiger partial charge on any atom is 0.406 e. The zero-order chi connectivity index (χ0) is 16.2.